The van der Waals surface area contributed by atoms with Gasteiger partial charge in [0.15, 0.2) is 0 Å². The molecule has 2 aliphatic heterocycles. The lowest BCUT2D eigenvalue weighted by Crippen LogP contribution is -2.59. The zero-order valence-electron chi connectivity index (χ0n) is 29.3. The van der Waals surface area contributed by atoms with Gasteiger partial charge in [0.1, 0.15) is 5.82 Å². The van der Waals surface area contributed by atoms with Crippen LogP contribution in [0.2, 0.25) is 0 Å². The Morgan fingerprint density at radius 3 is 2.69 bits per heavy atom. The first kappa shape index (κ1) is 34.3. The number of pyridine rings is 1. The van der Waals surface area contributed by atoms with E-state index in [1.807, 2.05) is 79.8 Å². The maximum absolute atomic E-state index is 12.5. The van der Waals surface area contributed by atoms with Crippen molar-refractivity contribution in [1.82, 2.24) is 31.0 Å². The molecular formula is C38H49N9O2. The number of guanidine groups is 2. The Morgan fingerprint density at radius 2 is 1.92 bits per heavy atom. The second-order valence-corrected chi connectivity index (χ2v) is 13.6. The summed E-state index contributed by atoms with van der Waals surface area (Å²) >= 11 is 0. The molecule has 0 bridgehead atoms. The summed E-state index contributed by atoms with van der Waals surface area (Å²) < 4.78 is 5.57. The molecule has 11 nitrogen and oxygen atoms in total. The average molecular weight is 664 g/mol. The number of carbonyl (C=O) groups excluding carboxylic acids is 1. The normalized spacial score (nSPS) is 21.2. The number of methoxy groups -OCH3 is 1. The highest BCUT2D eigenvalue weighted by Gasteiger charge is 2.33. The third kappa shape index (κ3) is 8.36. The molecule has 49 heavy (non-hydrogen) atoms. The van der Waals surface area contributed by atoms with E-state index < -0.39 is 0 Å². The number of aromatic nitrogens is 1. The number of carbonyl (C=O) groups is 1. The lowest BCUT2D eigenvalue weighted by atomic mass is 9.87. The minimum Gasteiger partial charge on any atom is -0.381 e. The predicted molar refractivity (Wildman–Crippen MR) is 198 cm³/mol. The van der Waals surface area contributed by atoms with Gasteiger partial charge in [-0.3, -0.25) is 20.1 Å². The first-order valence-electron chi connectivity index (χ1n) is 17.3. The Bertz CT molecular complexity index is 1770. The number of amides is 1. The van der Waals surface area contributed by atoms with E-state index in [0.29, 0.717) is 37.0 Å². The van der Waals surface area contributed by atoms with E-state index in [1.54, 1.807) is 6.08 Å². The molecule has 2 fully saturated rings. The highest BCUT2D eigenvalue weighted by atomic mass is 16.5. The number of ether oxygens (including phenoxy) is 1. The summed E-state index contributed by atoms with van der Waals surface area (Å²) in [5, 5.41) is 14.0. The SMILES string of the molecule is COC1CCC(CN=C2NC(=NCc3ccccc3-c3nccc4cc(NC(=O)/C=C/CN(C)C)ccc34)N3NCC(C(C)C)=C3N2)CC1. The molecule has 1 saturated carbocycles. The average Bonchev–Trinajstić information content (AvgIpc) is 3.54. The molecule has 11 heteroatoms. The predicted octanol–water partition coefficient (Wildman–Crippen LogP) is 5.26. The van der Waals surface area contributed by atoms with E-state index in [4.69, 9.17) is 19.7 Å². The molecule has 0 spiro atoms. The number of nitrogens with one attached hydrogen (secondary N) is 4. The maximum atomic E-state index is 12.5. The van der Waals surface area contributed by atoms with Gasteiger partial charge in [-0.2, -0.15) is 0 Å². The minimum absolute atomic E-state index is 0.153. The van der Waals surface area contributed by atoms with Gasteiger partial charge in [-0.05, 0) is 86.3 Å². The molecule has 3 aromatic rings. The van der Waals surface area contributed by atoms with Crippen molar-refractivity contribution in [3.63, 3.8) is 0 Å². The third-order valence-corrected chi connectivity index (χ3v) is 9.41. The molecular weight excluding hydrogens is 614 g/mol. The summed E-state index contributed by atoms with van der Waals surface area (Å²) in [7, 11) is 5.75. The van der Waals surface area contributed by atoms with Crippen molar-refractivity contribution in [1.29, 1.82) is 0 Å². The molecule has 4 N–H and O–H groups in total. The zero-order valence-corrected chi connectivity index (χ0v) is 29.3. The first-order valence-corrected chi connectivity index (χ1v) is 17.3. The van der Waals surface area contributed by atoms with Crippen LogP contribution in [-0.2, 0) is 16.1 Å². The largest absolute Gasteiger partial charge is 0.381 e. The number of fused-ring (bicyclic) bond motifs is 2. The van der Waals surface area contributed by atoms with Crippen LogP contribution in [0.4, 0.5) is 5.69 Å². The van der Waals surface area contributed by atoms with Crippen molar-refractivity contribution in [2.75, 3.05) is 46.2 Å². The minimum atomic E-state index is -0.153. The molecule has 1 saturated heterocycles. The Balaban J connectivity index is 1.23. The monoisotopic (exact) mass is 663 g/mol. The molecule has 0 radical (unpaired) electrons. The highest BCUT2D eigenvalue weighted by Crippen LogP contribution is 2.32. The summed E-state index contributed by atoms with van der Waals surface area (Å²) in [6.45, 7) is 7.10. The number of likely N-dealkylation sites (N-methyl/N-ethyl adjacent to an activating group) is 1. The Kier molecular flexibility index (Phi) is 11.0. The number of hydrazine groups is 1. The quantitative estimate of drug-likeness (QED) is 0.206. The van der Waals surface area contributed by atoms with Gasteiger partial charge in [-0.25, -0.2) is 15.4 Å². The van der Waals surface area contributed by atoms with Crippen LogP contribution < -0.4 is 21.4 Å². The third-order valence-electron chi connectivity index (χ3n) is 9.41. The molecule has 2 aromatic carbocycles. The van der Waals surface area contributed by atoms with E-state index in [1.165, 1.54) is 5.57 Å². The first-order chi connectivity index (χ1) is 23.8. The molecule has 3 aliphatic rings. The van der Waals surface area contributed by atoms with Crippen molar-refractivity contribution in [2.24, 2.45) is 21.8 Å². The molecule has 258 valence electrons. The summed E-state index contributed by atoms with van der Waals surface area (Å²) in [5.74, 6) is 3.23. The summed E-state index contributed by atoms with van der Waals surface area (Å²) in [6, 6.07) is 16.2. The van der Waals surface area contributed by atoms with Gasteiger partial charge < -0.3 is 20.3 Å². The fourth-order valence-corrected chi connectivity index (χ4v) is 6.60. The van der Waals surface area contributed by atoms with Crippen molar-refractivity contribution in [3.8, 4) is 11.3 Å². The number of nitrogens with zero attached hydrogens (tertiary/aromatic N) is 5. The molecule has 3 heterocycles. The fraction of sp³-hybridized carbons (Fsp3) is 0.421. The lowest BCUT2D eigenvalue weighted by molar-refractivity contribution is -0.111. The van der Waals surface area contributed by atoms with E-state index in [9.17, 15) is 4.79 Å². The second-order valence-electron chi connectivity index (χ2n) is 13.6. The molecule has 0 unspecified atom stereocenters. The van der Waals surface area contributed by atoms with E-state index in [0.717, 1.165) is 83.8 Å². The van der Waals surface area contributed by atoms with Gasteiger partial charge in [0.05, 0.1) is 18.3 Å². The number of anilines is 1. The lowest BCUT2D eigenvalue weighted by Gasteiger charge is -2.32. The Morgan fingerprint density at radius 1 is 1.10 bits per heavy atom. The fourth-order valence-electron chi connectivity index (χ4n) is 6.60. The molecule has 0 atom stereocenters. The summed E-state index contributed by atoms with van der Waals surface area (Å²) in [4.78, 5) is 29.4. The molecule has 1 aliphatic carbocycles. The second kappa shape index (κ2) is 15.8. The van der Waals surface area contributed by atoms with Crippen LogP contribution in [0.15, 0.2) is 88.3 Å². The van der Waals surface area contributed by atoms with Crippen molar-refractivity contribution in [2.45, 2.75) is 52.2 Å². The van der Waals surface area contributed by atoms with Gasteiger partial charge in [0.25, 0.3) is 0 Å². The number of benzene rings is 2. The summed E-state index contributed by atoms with van der Waals surface area (Å²) in [5.41, 5.74) is 8.49. The van der Waals surface area contributed by atoms with E-state index in [-0.39, 0.29) is 5.91 Å². The van der Waals surface area contributed by atoms with E-state index >= 15 is 0 Å². The Hall–Kier alpha value is -4.58. The van der Waals surface area contributed by atoms with Crippen LogP contribution in [0.5, 0.6) is 0 Å². The van der Waals surface area contributed by atoms with Crippen molar-refractivity contribution in [3.05, 3.63) is 83.8 Å². The standard InChI is InChI=1S/C38H49N9O2/c1-25(2)33-24-42-47-36(33)44-37(40-22-26-12-15-30(49-5)16-13-26)45-38(47)41-23-28-9-6-7-10-31(28)35-32-17-14-29(21-27(32)18-19-39-35)43-34(48)11-8-20-46(3)4/h6-11,14,17-19,21,25-26,30,42H,12-13,15-16,20,22-24H2,1-5H3,(H,43,48)(H2,40,41,44,45)/b11-8+. The van der Waals surface area contributed by atoms with Gasteiger partial charge in [-0.15, -0.1) is 0 Å². The number of rotatable bonds is 11. The van der Waals surface area contributed by atoms with Crippen LogP contribution in [-0.4, -0.2) is 79.7 Å². The van der Waals surface area contributed by atoms with Crippen LogP contribution in [0.1, 0.15) is 45.1 Å². The topological polar surface area (TPSA) is 119 Å². The van der Waals surface area contributed by atoms with Gasteiger partial charge in [0.2, 0.25) is 17.8 Å². The highest BCUT2D eigenvalue weighted by molar-refractivity contribution is 6.04. The molecule has 6 rings (SSSR count). The molecule has 1 aromatic heterocycles. The van der Waals surface area contributed by atoms with Crippen LogP contribution >= 0.6 is 0 Å². The van der Waals surface area contributed by atoms with E-state index in [2.05, 4.69) is 47.4 Å². The maximum Gasteiger partial charge on any atom is 0.248 e. The van der Waals surface area contributed by atoms with Crippen LogP contribution in [0.25, 0.3) is 22.0 Å². The van der Waals surface area contributed by atoms with Crippen molar-refractivity contribution >= 4 is 34.3 Å². The van der Waals surface area contributed by atoms with Crippen molar-refractivity contribution < 1.29 is 9.53 Å². The molecule has 1 amide bonds. The number of hydrogen-bond acceptors (Lipinski definition) is 7. The number of hydrogen-bond donors (Lipinski definition) is 4. The van der Waals surface area contributed by atoms with Gasteiger partial charge in [0, 0.05) is 55.7 Å². The van der Waals surface area contributed by atoms with Crippen LogP contribution in [0, 0.1) is 11.8 Å². The van der Waals surface area contributed by atoms with Crippen LogP contribution in [0.3, 0.4) is 0 Å². The summed E-state index contributed by atoms with van der Waals surface area (Å²) in [6.07, 6.45) is 10.1. The zero-order chi connectivity index (χ0) is 34.3. The number of aliphatic imine (C=N–C) groups is 2. The Labute approximate surface area is 289 Å². The smallest absolute Gasteiger partial charge is 0.248 e. The van der Waals surface area contributed by atoms with Gasteiger partial charge in [-0.1, -0.05) is 50.3 Å². The van der Waals surface area contributed by atoms with Gasteiger partial charge >= 0.3 is 0 Å².